The van der Waals surface area contributed by atoms with Crippen LogP contribution in [-0.2, 0) is 15.1 Å². The summed E-state index contributed by atoms with van der Waals surface area (Å²) in [6.45, 7) is 8.77. The quantitative estimate of drug-likeness (QED) is 0.846. The Bertz CT molecular complexity index is 715. The van der Waals surface area contributed by atoms with Gasteiger partial charge in [0.05, 0.1) is 0 Å². The van der Waals surface area contributed by atoms with Crippen LogP contribution in [0.15, 0.2) is 30.3 Å². The maximum absolute atomic E-state index is 13.3. The first-order valence-corrected chi connectivity index (χ1v) is 9.17. The van der Waals surface area contributed by atoms with E-state index in [4.69, 9.17) is 4.74 Å². The molecule has 2 aliphatic rings. The molecule has 0 heterocycles. The van der Waals surface area contributed by atoms with Crippen molar-refractivity contribution in [1.29, 1.82) is 0 Å². The number of methoxy groups -OCH3 is 1. The molecule has 1 aromatic carbocycles. The molecule has 134 valence electrons. The first kappa shape index (κ1) is 18.0. The summed E-state index contributed by atoms with van der Waals surface area (Å²) in [5.41, 5.74) is -0.0948. The van der Waals surface area contributed by atoms with Crippen molar-refractivity contribution < 1.29 is 9.53 Å². The summed E-state index contributed by atoms with van der Waals surface area (Å²) in [4.78, 5) is 13.3. The topological polar surface area (TPSA) is 38.3 Å². The largest absolute Gasteiger partial charge is 0.353 e. The van der Waals surface area contributed by atoms with Crippen LogP contribution < -0.4 is 5.32 Å². The number of hydrogen-bond donors (Lipinski definition) is 1. The van der Waals surface area contributed by atoms with Crippen LogP contribution in [0.1, 0.15) is 52.5 Å². The lowest BCUT2D eigenvalue weighted by Crippen LogP contribution is -2.53. The van der Waals surface area contributed by atoms with E-state index in [0.29, 0.717) is 5.92 Å². The second-order valence-corrected chi connectivity index (χ2v) is 8.26. The lowest BCUT2D eigenvalue weighted by molar-refractivity contribution is -0.140. The standard InChI is InChI=1S/C22H29NO2/c1-6-13-22(25-5,16-10-8-7-9-11-16)19(24)23-18-15-17-12-14-21(18,4)20(17,2)3/h7-11,17-18H,12,14-15H2,1-5H3,(H,23,24)/t17-,18+,21+,22-/m1/s1. The van der Waals surface area contributed by atoms with E-state index in [1.165, 1.54) is 12.8 Å². The van der Waals surface area contributed by atoms with E-state index in [1.807, 2.05) is 30.3 Å². The van der Waals surface area contributed by atoms with E-state index in [1.54, 1.807) is 14.0 Å². The van der Waals surface area contributed by atoms with Crippen molar-refractivity contribution in [1.82, 2.24) is 5.32 Å². The summed E-state index contributed by atoms with van der Waals surface area (Å²) >= 11 is 0. The van der Waals surface area contributed by atoms with Gasteiger partial charge < -0.3 is 10.1 Å². The highest BCUT2D eigenvalue weighted by Crippen LogP contribution is 2.65. The molecule has 25 heavy (non-hydrogen) atoms. The summed E-state index contributed by atoms with van der Waals surface area (Å²) in [5, 5.41) is 3.32. The number of benzene rings is 1. The highest BCUT2D eigenvalue weighted by atomic mass is 16.5. The zero-order valence-corrected chi connectivity index (χ0v) is 16.0. The fraction of sp³-hybridized carbons (Fsp3) is 0.591. The van der Waals surface area contributed by atoms with E-state index in [0.717, 1.165) is 12.0 Å². The Morgan fingerprint density at radius 2 is 1.96 bits per heavy atom. The molecule has 1 N–H and O–H groups in total. The van der Waals surface area contributed by atoms with Crippen LogP contribution in [0.25, 0.3) is 0 Å². The van der Waals surface area contributed by atoms with Crippen LogP contribution >= 0.6 is 0 Å². The molecular formula is C22H29NO2. The molecule has 0 spiro atoms. The van der Waals surface area contributed by atoms with Gasteiger partial charge in [-0.25, -0.2) is 0 Å². The van der Waals surface area contributed by atoms with Crippen molar-refractivity contribution >= 4 is 5.91 Å². The van der Waals surface area contributed by atoms with Gasteiger partial charge in [0.1, 0.15) is 0 Å². The molecule has 3 heteroatoms. The molecule has 0 unspecified atom stereocenters. The van der Waals surface area contributed by atoms with Crippen LogP contribution in [0.2, 0.25) is 0 Å². The molecule has 2 fully saturated rings. The van der Waals surface area contributed by atoms with E-state index < -0.39 is 5.60 Å². The minimum Gasteiger partial charge on any atom is -0.353 e. The second kappa shape index (κ2) is 6.18. The van der Waals surface area contributed by atoms with Gasteiger partial charge in [-0.3, -0.25) is 4.79 Å². The molecule has 3 rings (SSSR count). The second-order valence-electron chi connectivity index (χ2n) is 8.26. The zero-order valence-electron chi connectivity index (χ0n) is 16.0. The SMILES string of the molecule is CC#C[C@](OC)(C(=O)N[C@H]1C[C@H]2CC[C@]1(C)C2(C)C)c1ccccc1. The van der Waals surface area contributed by atoms with Crippen LogP contribution in [0.5, 0.6) is 0 Å². The molecule has 3 nitrogen and oxygen atoms in total. The Morgan fingerprint density at radius 3 is 2.44 bits per heavy atom. The number of rotatable bonds is 4. The third kappa shape index (κ3) is 2.50. The lowest BCUT2D eigenvalue weighted by atomic mass is 9.69. The number of ether oxygens (including phenoxy) is 1. The van der Waals surface area contributed by atoms with Gasteiger partial charge in [0.15, 0.2) is 0 Å². The van der Waals surface area contributed by atoms with Gasteiger partial charge in [-0.2, -0.15) is 0 Å². The smallest absolute Gasteiger partial charge is 0.270 e. The van der Waals surface area contributed by atoms with Gasteiger partial charge in [-0.15, -0.1) is 5.92 Å². The molecule has 1 aromatic rings. The highest BCUT2D eigenvalue weighted by Gasteiger charge is 2.62. The van der Waals surface area contributed by atoms with Crippen molar-refractivity contribution in [3.8, 4) is 11.8 Å². The molecule has 2 aliphatic carbocycles. The number of nitrogens with one attached hydrogen (secondary N) is 1. The summed E-state index contributed by atoms with van der Waals surface area (Å²) in [6, 6.07) is 9.73. The van der Waals surface area contributed by atoms with Crippen molar-refractivity contribution in [2.24, 2.45) is 16.7 Å². The van der Waals surface area contributed by atoms with Crippen LogP contribution in [-0.4, -0.2) is 19.1 Å². The summed E-state index contributed by atoms with van der Waals surface area (Å²) < 4.78 is 5.72. The fourth-order valence-electron chi connectivity index (χ4n) is 5.05. The van der Waals surface area contributed by atoms with E-state index in [-0.39, 0.29) is 22.8 Å². The zero-order chi connectivity index (χ0) is 18.3. The van der Waals surface area contributed by atoms with Gasteiger partial charge >= 0.3 is 0 Å². The molecule has 0 saturated heterocycles. The molecule has 0 radical (unpaired) electrons. The van der Waals surface area contributed by atoms with Crippen molar-refractivity contribution in [2.75, 3.05) is 7.11 Å². The summed E-state index contributed by atoms with van der Waals surface area (Å²) in [6.07, 6.45) is 3.47. The van der Waals surface area contributed by atoms with Crippen LogP contribution in [0, 0.1) is 28.6 Å². The Kier molecular flexibility index (Phi) is 4.45. The Balaban J connectivity index is 1.91. The monoisotopic (exact) mass is 339 g/mol. The predicted octanol–water partition coefficient (Wildman–Crippen LogP) is 3.88. The van der Waals surface area contributed by atoms with Crippen molar-refractivity contribution in [3.63, 3.8) is 0 Å². The van der Waals surface area contributed by atoms with Crippen molar-refractivity contribution in [2.45, 2.75) is 58.6 Å². The summed E-state index contributed by atoms with van der Waals surface area (Å²) in [5.74, 6) is 6.44. The Hall–Kier alpha value is -1.79. The first-order chi connectivity index (χ1) is 11.8. The van der Waals surface area contributed by atoms with Gasteiger partial charge in [-0.1, -0.05) is 57.0 Å². The summed E-state index contributed by atoms with van der Waals surface area (Å²) in [7, 11) is 1.56. The third-order valence-corrected chi connectivity index (χ3v) is 7.21. The average Bonchev–Trinajstić information content (AvgIpc) is 2.94. The number of carbonyl (C=O) groups is 1. The van der Waals surface area contributed by atoms with Crippen LogP contribution in [0.3, 0.4) is 0 Å². The average molecular weight is 339 g/mol. The van der Waals surface area contributed by atoms with E-state index >= 15 is 0 Å². The minimum atomic E-state index is -1.25. The van der Waals surface area contributed by atoms with Crippen LogP contribution in [0.4, 0.5) is 0 Å². The maximum Gasteiger partial charge on any atom is 0.270 e. The van der Waals surface area contributed by atoms with Gasteiger partial charge in [0, 0.05) is 18.7 Å². The lowest BCUT2D eigenvalue weighted by Gasteiger charge is -2.40. The molecule has 4 atom stereocenters. The van der Waals surface area contributed by atoms with Gasteiger partial charge in [0.2, 0.25) is 5.60 Å². The third-order valence-electron chi connectivity index (χ3n) is 7.21. The fourth-order valence-corrected chi connectivity index (χ4v) is 5.05. The minimum absolute atomic E-state index is 0.128. The van der Waals surface area contributed by atoms with Crippen molar-refractivity contribution in [3.05, 3.63) is 35.9 Å². The molecular weight excluding hydrogens is 310 g/mol. The normalized spacial score (nSPS) is 31.7. The van der Waals surface area contributed by atoms with E-state index in [2.05, 4.69) is 37.9 Å². The molecule has 0 aliphatic heterocycles. The predicted molar refractivity (Wildman–Crippen MR) is 99.7 cm³/mol. The molecule has 2 saturated carbocycles. The Labute approximate surface area is 151 Å². The first-order valence-electron chi connectivity index (χ1n) is 9.17. The number of amides is 1. The Morgan fingerprint density at radius 1 is 1.28 bits per heavy atom. The highest BCUT2D eigenvalue weighted by molar-refractivity contribution is 5.90. The number of carbonyl (C=O) groups excluding carboxylic acids is 1. The van der Waals surface area contributed by atoms with E-state index in [9.17, 15) is 4.79 Å². The number of fused-ring (bicyclic) bond motifs is 2. The van der Waals surface area contributed by atoms with Gasteiger partial charge in [0.25, 0.3) is 5.91 Å². The molecule has 2 bridgehead atoms. The maximum atomic E-state index is 13.3. The van der Waals surface area contributed by atoms with Gasteiger partial charge in [-0.05, 0) is 42.9 Å². The molecule has 0 aromatic heterocycles. The molecule has 1 amide bonds. The number of hydrogen-bond acceptors (Lipinski definition) is 2.